The van der Waals surface area contributed by atoms with Gasteiger partial charge in [0.2, 0.25) is 11.5 Å². The van der Waals surface area contributed by atoms with E-state index < -0.39 is 0 Å². The quantitative estimate of drug-likeness (QED) is 0.417. The molecule has 0 spiro atoms. The number of methoxy groups -OCH3 is 4. The molecule has 0 fully saturated rings. The molecule has 0 saturated carbocycles. The van der Waals surface area contributed by atoms with Gasteiger partial charge in [-0.15, -0.1) is 0 Å². The molecule has 0 aromatic heterocycles. The summed E-state index contributed by atoms with van der Waals surface area (Å²) >= 11 is 0. The predicted octanol–water partition coefficient (Wildman–Crippen LogP) is 5.00. The minimum absolute atomic E-state index is 0.179. The summed E-state index contributed by atoms with van der Waals surface area (Å²) in [5.74, 6) is 3.64. The van der Waals surface area contributed by atoms with Crippen molar-refractivity contribution in [2.75, 3.05) is 35.2 Å². The van der Waals surface area contributed by atoms with Crippen LogP contribution in [0, 0.1) is 6.92 Å². The number of carbonyl (C=O) groups is 1. The van der Waals surface area contributed by atoms with E-state index in [9.17, 15) is 4.79 Å². The topological polar surface area (TPSA) is 75.7 Å². The Kier molecular flexibility index (Phi) is 6.67. The number of hydrogen-bond donors (Lipinski definition) is 0. The van der Waals surface area contributed by atoms with Crippen molar-refractivity contribution in [2.45, 2.75) is 20.0 Å². The van der Waals surface area contributed by atoms with Gasteiger partial charge in [-0.05, 0) is 54.5 Å². The van der Waals surface area contributed by atoms with Crippen LogP contribution in [0.3, 0.4) is 0 Å². The molecule has 0 amide bonds. The van der Waals surface area contributed by atoms with Gasteiger partial charge in [0.05, 0.1) is 34.0 Å². The first-order valence-electron chi connectivity index (χ1n) is 11.8. The predicted molar refractivity (Wildman–Crippen MR) is 138 cm³/mol. The highest BCUT2D eigenvalue weighted by Gasteiger charge is 2.33. The van der Waals surface area contributed by atoms with Crippen LogP contribution < -0.4 is 28.4 Å². The fourth-order valence-electron chi connectivity index (χ4n) is 4.72. The third-order valence-corrected chi connectivity index (χ3v) is 6.55. The van der Waals surface area contributed by atoms with Crippen molar-refractivity contribution in [1.82, 2.24) is 4.90 Å². The van der Waals surface area contributed by atoms with Crippen molar-refractivity contribution in [3.8, 4) is 34.5 Å². The Labute approximate surface area is 215 Å². The van der Waals surface area contributed by atoms with Crippen molar-refractivity contribution >= 4 is 11.9 Å². The number of carbonyl (C=O) groups excluding carboxylic acids is 1. The molecule has 192 valence electrons. The first-order valence-corrected chi connectivity index (χ1v) is 11.8. The second-order valence-electron chi connectivity index (χ2n) is 8.87. The summed E-state index contributed by atoms with van der Waals surface area (Å²) in [6.45, 7) is 3.75. The van der Waals surface area contributed by atoms with Crippen LogP contribution in [0.2, 0.25) is 0 Å². The number of rotatable bonds is 7. The summed E-state index contributed by atoms with van der Waals surface area (Å²) in [4.78, 5) is 15.5. The fourth-order valence-corrected chi connectivity index (χ4v) is 4.72. The van der Waals surface area contributed by atoms with E-state index in [0.29, 0.717) is 47.4 Å². The third kappa shape index (κ3) is 4.56. The van der Waals surface area contributed by atoms with Gasteiger partial charge in [-0.2, -0.15) is 0 Å². The number of Topliss-reactive ketones (excluding diaryl/α,β-unsaturated/α-hetero) is 1. The SMILES string of the molecule is COc1ccc(CN2COc3c(cc4c(c3C)O/C(=C\c3cc(OC)c(OC)c(OC)c3)C4=O)C2)cc1. The molecule has 2 heterocycles. The lowest BCUT2D eigenvalue weighted by molar-refractivity contribution is 0.0876. The van der Waals surface area contributed by atoms with Crippen LogP contribution in [-0.2, 0) is 13.1 Å². The maximum Gasteiger partial charge on any atom is 0.231 e. The lowest BCUT2D eigenvalue weighted by atomic mass is 9.99. The molecule has 0 radical (unpaired) electrons. The largest absolute Gasteiger partial charge is 0.497 e. The van der Waals surface area contributed by atoms with E-state index in [4.69, 9.17) is 28.4 Å². The zero-order valence-electron chi connectivity index (χ0n) is 21.5. The first kappa shape index (κ1) is 24.5. The Morgan fingerprint density at radius 2 is 1.62 bits per heavy atom. The average molecular weight is 504 g/mol. The van der Waals surface area contributed by atoms with Gasteiger partial charge in [0.25, 0.3) is 0 Å². The normalized spacial score (nSPS) is 15.5. The van der Waals surface area contributed by atoms with Gasteiger partial charge >= 0.3 is 0 Å². The van der Waals surface area contributed by atoms with Crippen molar-refractivity contribution in [2.24, 2.45) is 0 Å². The van der Waals surface area contributed by atoms with Crippen LogP contribution in [0.5, 0.6) is 34.5 Å². The zero-order valence-corrected chi connectivity index (χ0v) is 21.5. The third-order valence-electron chi connectivity index (χ3n) is 6.55. The molecule has 0 aliphatic carbocycles. The van der Waals surface area contributed by atoms with Crippen LogP contribution in [0.15, 0.2) is 48.2 Å². The molecule has 0 saturated heterocycles. The summed E-state index contributed by atoms with van der Waals surface area (Å²) in [7, 11) is 6.30. The van der Waals surface area contributed by atoms with Gasteiger partial charge < -0.3 is 28.4 Å². The second-order valence-corrected chi connectivity index (χ2v) is 8.87. The average Bonchev–Trinajstić information content (AvgIpc) is 3.23. The summed E-state index contributed by atoms with van der Waals surface area (Å²) in [5.41, 5.74) is 4.15. The maximum atomic E-state index is 13.4. The Balaban J connectivity index is 1.41. The molecule has 0 atom stereocenters. The highest BCUT2D eigenvalue weighted by atomic mass is 16.5. The second kappa shape index (κ2) is 10.1. The van der Waals surface area contributed by atoms with Gasteiger partial charge in [-0.25, -0.2) is 0 Å². The molecule has 3 aromatic rings. The molecule has 8 heteroatoms. The molecule has 0 bridgehead atoms. The maximum absolute atomic E-state index is 13.4. The number of ketones is 1. The summed E-state index contributed by atoms with van der Waals surface area (Å²) in [6, 6.07) is 13.4. The van der Waals surface area contributed by atoms with Crippen molar-refractivity contribution in [1.29, 1.82) is 0 Å². The molecule has 8 nitrogen and oxygen atoms in total. The summed E-state index contributed by atoms with van der Waals surface area (Å²) < 4.78 is 33.7. The van der Waals surface area contributed by atoms with Gasteiger partial charge in [-0.1, -0.05) is 12.1 Å². The highest BCUT2D eigenvalue weighted by molar-refractivity contribution is 6.15. The first-order chi connectivity index (χ1) is 17.9. The van der Waals surface area contributed by atoms with Gasteiger partial charge in [-0.3, -0.25) is 9.69 Å². The van der Waals surface area contributed by atoms with E-state index in [0.717, 1.165) is 34.7 Å². The molecule has 0 N–H and O–H groups in total. The van der Waals surface area contributed by atoms with Crippen molar-refractivity contribution in [3.05, 3.63) is 76.0 Å². The number of nitrogens with zero attached hydrogens (tertiary/aromatic N) is 1. The Morgan fingerprint density at radius 1 is 0.919 bits per heavy atom. The van der Waals surface area contributed by atoms with Crippen LogP contribution in [0.1, 0.15) is 32.6 Å². The van der Waals surface area contributed by atoms with Gasteiger partial charge in [0, 0.05) is 24.2 Å². The fraction of sp³-hybridized carbons (Fsp3) is 0.276. The molecule has 2 aliphatic heterocycles. The molecule has 3 aromatic carbocycles. The Hall–Kier alpha value is -4.17. The van der Waals surface area contributed by atoms with E-state index in [2.05, 4.69) is 4.90 Å². The zero-order chi connectivity index (χ0) is 26.1. The molecule has 37 heavy (non-hydrogen) atoms. The molecule has 5 rings (SSSR count). The van der Waals surface area contributed by atoms with Gasteiger partial charge in [0.1, 0.15) is 24.0 Å². The molecular formula is C29H29NO7. The standard InChI is InChI=1S/C29H29NO7/c1-17-27-20(15-30(16-36-27)14-18-6-8-21(32-2)9-7-18)13-22-26(31)23(37-28(17)22)10-19-11-24(33-3)29(35-5)25(12-19)34-4/h6-13H,14-16H2,1-5H3/b23-10-. The summed E-state index contributed by atoms with van der Waals surface area (Å²) in [6.07, 6.45) is 1.68. The smallest absolute Gasteiger partial charge is 0.231 e. The van der Waals surface area contributed by atoms with Crippen molar-refractivity contribution in [3.63, 3.8) is 0 Å². The number of ether oxygens (including phenoxy) is 6. The number of fused-ring (bicyclic) bond motifs is 2. The van der Waals surface area contributed by atoms with E-state index >= 15 is 0 Å². The molecule has 0 unspecified atom stereocenters. The number of allylic oxidation sites excluding steroid dienone is 1. The van der Waals surface area contributed by atoms with E-state index in [-0.39, 0.29) is 11.5 Å². The summed E-state index contributed by atoms with van der Waals surface area (Å²) in [5, 5.41) is 0. The molecule has 2 aliphatic rings. The lowest BCUT2D eigenvalue weighted by Gasteiger charge is -2.30. The molecular weight excluding hydrogens is 474 g/mol. The van der Waals surface area contributed by atoms with Gasteiger partial charge in [0.15, 0.2) is 17.3 Å². The van der Waals surface area contributed by atoms with Crippen LogP contribution in [0.4, 0.5) is 0 Å². The monoisotopic (exact) mass is 503 g/mol. The van der Waals surface area contributed by atoms with E-state index in [1.807, 2.05) is 37.3 Å². The van der Waals surface area contributed by atoms with Crippen molar-refractivity contribution < 1.29 is 33.2 Å². The number of benzene rings is 3. The van der Waals surface area contributed by atoms with E-state index in [1.165, 1.54) is 0 Å². The minimum Gasteiger partial charge on any atom is -0.497 e. The van der Waals surface area contributed by atoms with E-state index in [1.54, 1.807) is 46.6 Å². The lowest BCUT2D eigenvalue weighted by Crippen LogP contribution is -2.32. The Bertz CT molecular complexity index is 1350. The van der Waals surface area contributed by atoms with Crippen LogP contribution in [-0.4, -0.2) is 45.9 Å². The number of hydrogen-bond acceptors (Lipinski definition) is 8. The Morgan fingerprint density at radius 3 is 2.24 bits per heavy atom. The van der Waals surface area contributed by atoms with Crippen LogP contribution in [0.25, 0.3) is 6.08 Å². The minimum atomic E-state index is -0.179. The highest BCUT2D eigenvalue weighted by Crippen LogP contribution is 2.44. The van der Waals surface area contributed by atoms with Crippen LogP contribution >= 0.6 is 0 Å².